The summed E-state index contributed by atoms with van der Waals surface area (Å²) in [6, 6.07) is 13.4. The molecule has 5 heteroatoms. The van der Waals surface area contributed by atoms with E-state index in [-0.39, 0.29) is 0 Å². The number of hydrogen-bond acceptors (Lipinski definition) is 3. The van der Waals surface area contributed by atoms with Gasteiger partial charge in [-0.05, 0) is 46.3 Å². The molecule has 0 fully saturated rings. The largest absolute Gasteiger partial charge is 0.380 e. The third-order valence-corrected chi connectivity index (χ3v) is 3.41. The maximum absolute atomic E-state index is 13.7. The van der Waals surface area contributed by atoms with Crippen LogP contribution in [0.2, 0.25) is 0 Å². The van der Waals surface area contributed by atoms with Crippen molar-refractivity contribution >= 4 is 21.6 Å². The zero-order chi connectivity index (χ0) is 14.5. The van der Waals surface area contributed by atoms with E-state index in [1.54, 1.807) is 30.3 Å². The Kier molecular flexibility index (Phi) is 4.34. The van der Waals surface area contributed by atoms with Gasteiger partial charge in [-0.25, -0.2) is 4.39 Å². The first-order valence-electron chi connectivity index (χ1n) is 5.76. The first kappa shape index (κ1) is 14.0. The Morgan fingerprint density at radius 3 is 2.30 bits per heavy atom. The van der Waals surface area contributed by atoms with Crippen molar-refractivity contribution in [2.75, 3.05) is 5.32 Å². The van der Waals surface area contributed by atoms with E-state index in [2.05, 4.69) is 21.2 Å². The molecule has 0 spiro atoms. The summed E-state index contributed by atoms with van der Waals surface area (Å²) in [7, 11) is 0. The topological polar surface area (TPSA) is 59.6 Å². The van der Waals surface area contributed by atoms with E-state index in [9.17, 15) is 4.39 Å². The second kappa shape index (κ2) is 6.18. The summed E-state index contributed by atoms with van der Waals surface area (Å²) in [5, 5.41) is 20.5. The number of nitrogens with zero attached hydrogens (tertiary/aromatic N) is 2. The fourth-order valence-corrected chi connectivity index (χ4v) is 2.20. The lowest BCUT2D eigenvalue weighted by Gasteiger charge is -2.09. The van der Waals surface area contributed by atoms with E-state index >= 15 is 0 Å². The second-order valence-electron chi connectivity index (χ2n) is 4.08. The molecule has 0 saturated heterocycles. The zero-order valence-corrected chi connectivity index (χ0v) is 11.9. The molecule has 0 amide bonds. The number of benzene rings is 2. The molecule has 2 aromatic carbocycles. The maximum atomic E-state index is 13.7. The van der Waals surface area contributed by atoms with Gasteiger partial charge in [0.05, 0.1) is 23.3 Å². The van der Waals surface area contributed by atoms with Crippen molar-refractivity contribution in [1.82, 2.24) is 0 Å². The number of halogens is 2. The summed E-state index contributed by atoms with van der Waals surface area (Å²) < 4.78 is 14.5. The number of anilines is 1. The van der Waals surface area contributed by atoms with Crippen molar-refractivity contribution in [3.05, 3.63) is 63.4 Å². The van der Waals surface area contributed by atoms with Gasteiger partial charge in [0.1, 0.15) is 5.82 Å². The maximum Gasteiger partial charge on any atom is 0.129 e. The molecule has 0 aliphatic heterocycles. The highest BCUT2D eigenvalue weighted by atomic mass is 79.9. The molecule has 0 radical (unpaired) electrons. The number of rotatable bonds is 3. The highest BCUT2D eigenvalue weighted by Crippen LogP contribution is 2.24. The molecule has 0 bridgehead atoms. The minimum absolute atomic E-state index is 0.294. The average Bonchev–Trinajstić information content (AvgIpc) is 2.46. The van der Waals surface area contributed by atoms with Gasteiger partial charge >= 0.3 is 0 Å². The molecule has 98 valence electrons. The lowest BCUT2D eigenvalue weighted by Crippen LogP contribution is -2.02. The van der Waals surface area contributed by atoms with Crippen LogP contribution in [0.5, 0.6) is 0 Å². The normalized spacial score (nSPS) is 9.60. The summed E-state index contributed by atoms with van der Waals surface area (Å²) >= 11 is 3.35. The average molecular weight is 330 g/mol. The van der Waals surface area contributed by atoms with Crippen LogP contribution in [-0.2, 0) is 6.54 Å². The van der Waals surface area contributed by atoms with Crippen LogP contribution >= 0.6 is 15.9 Å². The Bertz CT molecular complexity index is 665. The molecule has 0 unspecified atom stereocenters. The summed E-state index contributed by atoms with van der Waals surface area (Å²) in [6.45, 7) is 0.294. The molecule has 0 atom stereocenters. The van der Waals surface area contributed by atoms with Crippen molar-refractivity contribution in [3.8, 4) is 12.1 Å². The van der Waals surface area contributed by atoms with E-state index in [0.717, 1.165) is 10.2 Å². The Morgan fingerprint density at radius 2 is 1.70 bits per heavy atom. The molecule has 0 aliphatic carbocycles. The SMILES string of the molecule is N#Cc1ccc(CNc2ccc(C#N)cc2Br)c(F)c1. The van der Waals surface area contributed by atoms with Crippen LogP contribution in [0.4, 0.5) is 10.1 Å². The minimum atomic E-state index is -0.415. The molecule has 2 aromatic rings. The van der Waals surface area contributed by atoms with Gasteiger partial charge < -0.3 is 5.32 Å². The molecule has 0 heterocycles. The quantitative estimate of drug-likeness (QED) is 0.927. The van der Waals surface area contributed by atoms with Crippen molar-refractivity contribution in [2.45, 2.75) is 6.54 Å². The van der Waals surface area contributed by atoms with Crippen LogP contribution in [0.25, 0.3) is 0 Å². The fraction of sp³-hybridized carbons (Fsp3) is 0.0667. The molecule has 0 aromatic heterocycles. The van der Waals surface area contributed by atoms with Gasteiger partial charge in [-0.15, -0.1) is 0 Å². The summed E-state index contributed by atoms with van der Waals surface area (Å²) in [5.74, 6) is -0.415. The molecule has 0 saturated carbocycles. The summed E-state index contributed by atoms with van der Waals surface area (Å²) in [5.41, 5.74) is 2.09. The highest BCUT2D eigenvalue weighted by molar-refractivity contribution is 9.10. The van der Waals surface area contributed by atoms with Crippen molar-refractivity contribution < 1.29 is 4.39 Å². The Morgan fingerprint density at radius 1 is 1.05 bits per heavy atom. The van der Waals surface area contributed by atoms with Gasteiger partial charge in [0.25, 0.3) is 0 Å². The van der Waals surface area contributed by atoms with Crippen LogP contribution in [-0.4, -0.2) is 0 Å². The predicted octanol–water partition coefficient (Wildman–Crippen LogP) is 3.94. The van der Waals surface area contributed by atoms with Crippen LogP contribution < -0.4 is 5.32 Å². The van der Waals surface area contributed by atoms with Gasteiger partial charge in [-0.3, -0.25) is 0 Å². The summed E-state index contributed by atoms with van der Waals surface area (Å²) in [6.07, 6.45) is 0. The fourth-order valence-electron chi connectivity index (χ4n) is 1.68. The van der Waals surface area contributed by atoms with Crippen LogP contribution in [0.3, 0.4) is 0 Å². The third kappa shape index (κ3) is 3.14. The second-order valence-corrected chi connectivity index (χ2v) is 4.93. The lowest BCUT2D eigenvalue weighted by molar-refractivity contribution is 0.612. The highest BCUT2D eigenvalue weighted by Gasteiger charge is 2.05. The van der Waals surface area contributed by atoms with Gasteiger partial charge in [-0.1, -0.05) is 6.07 Å². The molecule has 2 rings (SSSR count). The standard InChI is InChI=1S/C15H9BrFN3/c16-13-5-10(7-18)2-4-15(13)20-9-12-3-1-11(8-19)6-14(12)17/h1-6,20H,9H2. The molecule has 1 N–H and O–H groups in total. The number of hydrogen-bond donors (Lipinski definition) is 1. The summed E-state index contributed by atoms with van der Waals surface area (Å²) in [4.78, 5) is 0. The van der Waals surface area contributed by atoms with Crippen molar-refractivity contribution in [3.63, 3.8) is 0 Å². The number of nitrogens with one attached hydrogen (secondary N) is 1. The van der Waals surface area contributed by atoms with Crippen molar-refractivity contribution in [2.24, 2.45) is 0 Å². The lowest BCUT2D eigenvalue weighted by atomic mass is 10.1. The number of nitriles is 2. The Labute approximate surface area is 124 Å². The van der Waals surface area contributed by atoms with E-state index in [1.165, 1.54) is 6.07 Å². The van der Waals surface area contributed by atoms with Gasteiger partial charge in [-0.2, -0.15) is 10.5 Å². The van der Waals surface area contributed by atoms with E-state index in [0.29, 0.717) is 23.2 Å². The molecule has 20 heavy (non-hydrogen) atoms. The monoisotopic (exact) mass is 329 g/mol. The Balaban J connectivity index is 2.13. The van der Waals surface area contributed by atoms with Gasteiger partial charge in [0.2, 0.25) is 0 Å². The first-order valence-corrected chi connectivity index (χ1v) is 6.55. The minimum Gasteiger partial charge on any atom is -0.380 e. The molecule has 0 aliphatic rings. The van der Waals surface area contributed by atoms with E-state index in [1.807, 2.05) is 12.1 Å². The van der Waals surface area contributed by atoms with Gasteiger partial charge in [0.15, 0.2) is 0 Å². The zero-order valence-electron chi connectivity index (χ0n) is 10.3. The van der Waals surface area contributed by atoms with Crippen molar-refractivity contribution in [1.29, 1.82) is 10.5 Å². The molecule has 3 nitrogen and oxygen atoms in total. The molecular formula is C15H9BrFN3. The predicted molar refractivity (Wildman–Crippen MR) is 77.3 cm³/mol. The van der Waals surface area contributed by atoms with E-state index < -0.39 is 5.82 Å². The third-order valence-electron chi connectivity index (χ3n) is 2.75. The van der Waals surface area contributed by atoms with Gasteiger partial charge in [0, 0.05) is 22.3 Å². The van der Waals surface area contributed by atoms with Crippen LogP contribution in [0.1, 0.15) is 16.7 Å². The van der Waals surface area contributed by atoms with E-state index in [4.69, 9.17) is 10.5 Å². The Hall–Kier alpha value is -2.37. The molecular weight excluding hydrogens is 321 g/mol. The first-order chi connectivity index (χ1) is 9.63. The smallest absolute Gasteiger partial charge is 0.129 e. The van der Waals surface area contributed by atoms with Crippen LogP contribution in [0.15, 0.2) is 40.9 Å². The van der Waals surface area contributed by atoms with Crippen LogP contribution in [0, 0.1) is 28.5 Å².